The summed E-state index contributed by atoms with van der Waals surface area (Å²) in [5, 5.41) is 6.29. The Morgan fingerprint density at radius 3 is 2.75 bits per heavy atom. The standard InChI is InChI=1S/C18H24N4OS/c1-5-13(3)24-16-6-7-17(12(2)10-16)22-18(23)20-11-15-8-9-19-14(4)21-15/h6-10,13H,5,11H2,1-4H3,(H2,20,22,23)/t13-/m0/s1. The summed E-state index contributed by atoms with van der Waals surface area (Å²) in [5.74, 6) is 0.694. The summed E-state index contributed by atoms with van der Waals surface area (Å²) >= 11 is 1.85. The number of urea groups is 1. The molecule has 0 spiro atoms. The summed E-state index contributed by atoms with van der Waals surface area (Å²) < 4.78 is 0. The molecular weight excluding hydrogens is 320 g/mol. The Morgan fingerprint density at radius 2 is 2.08 bits per heavy atom. The van der Waals surface area contributed by atoms with Gasteiger partial charge in [-0.2, -0.15) is 0 Å². The van der Waals surface area contributed by atoms with Crippen molar-refractivity contribution in [1.82, 2.24) is 15.3 Å². The molecular formula is C18H24N4OS. The lowest BCUT2D eigenvalue weighted by Crippen LogP contribution is -2.28. The van der Waals surface area contributed by atoms with E-state index in [0.29, 0.717) is 17.6 Å². The van der Waals surface area contributed by atoms with E-state index in [-0.39, 0.29) is 6.03 Å². The molecule has 2 amide bonds. The number of amides is 2. The van der Waals surface area contributed by atoms with Crippen LogP contribution in [0.15, 0.2) is 35.4 Å². The highest BCUT2D eigenvalue weighted by Gasteiger charge is 2.07. The molecule has 2 rings (SSSR count). The van der Waals surface area contributed by atoms with Crippen LogP contribution in [0.4, 0.5) is 10.5 Å². The van der Waals surface area contributed by atoms with Gasteiger partial charge in [0.25, 0.3) is 0 Å². The lowest BCUT2D eigenvalue weighted by Gasteiger charge is -2.13. The van der Waals surface area contributed by atoms with Crippen molar-refractivity contribution >= 4 is 23.5 Å². The number of hydrogen-bond donors (Lipinski definition) is 2. The van der Waals surface area contributed by atoms with Gasteiger partial charge in [0, 0.05) is 22.0 Å². The molecule has 0 aliphatic carbocycles. The first-order valence-electron chi connectivity index (χ1n) is 8.08. The van der Waals surface area contributed by atoms with E-state index in [0.717, 1.165) is 23.4 Å². The van der Waals surface area contributed by atoms with Crippen molar-refractivity contribution in [2.45, 2.75) is 50.8 Å². The lowest BCUT2D eigenvalue weighted by molar-refractivity contribution is 0.251. The minimum atomic E-state index is -0.239. The third kappa shape index (κ3) is 5.53. The number of hydrogen-bond acceptors (Lipinski definition) is 4. The first-order chi connectivity index (χ1) is 11.5. The van der Waals surface area contributed by atoms with Gasteiger partial charge in [-0.3, -0.25) is 0 Å². The van der Waals surface area contributed by atoms with E-state index >= 15 is 0 Å². The molecule has 2 N–H and O–H groups in total. The van der Waals surface area contributed by atoms with Crippen LogP contribution in [0.25, 0.3) is 0 Å². The fourth-order valence-corrected chi connectivity index (χ4v) is 3.13. The Hall–Kier alpha value is -2.08. The number of benzene rings is 1. The maximum absolute atomic E-state index is 12.1. The molecule has 0 unspecified atom stereocenters. The van der Waals surface area contributed by atoms with Crippen LogP contribution in [-0.4, -0.2) is 21.2 Å². The van der Waals surface area contributed by atoms with Gasteiger partial charge in [-0.15, -0.1) is 11.8 Å². The van der Waals surface area contributed by atoms with Crippen LogP contribution in [0.1, 0.15) is 37.4 Å². The van der Waals surface area contributed by atoms with Crippen LogP contribution in [0.2, 0.25) is 0 Å². The van der Waals surface area contributed by atoms with Crippen LogP contribution < -0.4 is 10.6 Å². The van der Waals surface area contributed by atoms with Crippen molar-refractivity contribution in [3.63, 3.8) is 0 Å². The molecule has 128 valence electrons. The average Bonchev–Trinajstić information content (AvgIpc) is 2.55. The first-order valence-corrected chi connectivity index (χ1v) is 8.96. The van der Waals surface area contributed by atoms with E-state index in [1.807, 2.05) is 37.7 Å². The van der Waals surface area contributed by atoms with Gasteiger partial charge < -0.3 is 10.6 Å². The molecule has 0 saturated carbocycles. The van der Waals surface area contributed by atoms with Crippen LogP contribution in [-0.2, 0) is 6.54 Å². The number of thioether (sulfide) groups is 1. The molecule has 6 heteroatoms. The Balaban J connectivity index is 1.91. The summed E-state index contributed by atoms with van der Waals surface area (Å²) in [7, 11) is 0. The molecule has 0 aliphatic heterocycles. The highest BCUT2D eigenvalue weighted by Crippen LogP contribution is 2.28. The van der Waals surface area contributed by atoms with Crippen molar-refractivity contribution in [3.8, 4) is 0 Å². The number of aryl methyl sites for hydroxylation is 2. The molecule has 24 heavy (non-hydrogen) atoms. The third-order valence-electron chi connectivity index (χ3n) is 3.62. The third-order valence-corrected chi connectivity index (χ3v) is 4.88. The minimum absolute atomic E-state index is 0.239. The van der Waals surface area contributed by atoms with E-state index < -0.39 is 0 Å². The van der Waals surface area contributed by atoms with E-state index in [1.54, 1.807) is 12.3 Å². The number of nitrogens with one attached hydrogen (secondary N) is 2. The summed E-state index contributed by atoms with van der Waals surface area (Å²) in [5.41, 5.74) is 2.66. The van der Waals surface area contributed by atoms with Crippen molar-refractivity contribution in [3.05, 3.63) is 47.5 Å². The number of carbonyl (C=O) groups excluding carboxylic acids is 1. The predicted molar refractivity (Wildman–Crippen MR) is 99.4 cm³/mol. The Morgan fingerprint density at radius 1 is 1.29 bits per heavy atom. The van der Waals surface area contributed by atoms with Gasteiger partial charge in [-0.25, -0.2) is 14.8 Å². The number of rotatable bonds is 6. The SMILES string of the molecule is CC[C@H](C)Sc1ccc(NC(=O)NCc2ccnc(C)n2)c(C)c1. The molecule has 1 aromatic carbocycles. The van der Waals surface area contributed by atoms with E-state index in [1.165, 1.54) is 4.90 Å². The van der Waals surface area contributed by atoms with Gasteiger partial charge in [-0.1, -0.05) is 13.8 Å². The summed E-state index contributed by atoms with van der Waals surface area (Å²) in [6, 6.07) is 7.66. The van der Waals surface area contributed by atoms with Crippen molar-refractivity contribution < 1.29 is 4.79 Å². The number of aromatic nitrogens is 2. The Kier molecular flexibility index (Phi) is 6.61. The van der Waals surface area contributed by atoms with Crippen LogP contribution >= 0.6 is 11.8 Å². The highest BCUT2D eigenvalue weighted by molar-refractivity contribution is 7.99. The first kappa shape index (κ1) is 18.3. The highest BCUT2D eigenvalue weighted by atomic mass is 32.2. The van der Waals surface area contributed by atoms with E-state index in [2.05, 4.69) is 40.5 Å². The molecule has 1 aromatic heterocycles. The second-order valence-corrected chi connectivity index (χ2v) is 7.23. The predicted octanol–water partition coefficient (Wildman–Crippen LogP) is 4.31. The fourth-order valence-electron chi connectivity index (χ4n) is 2.11. The zero-order valence-electron chi connectivity index (χ0n) is 14.6. The second kappa shape index (κ2) is 8.68. The molecule has 2 aromatic rings. The van der Waals surface area contributed by atoms with E-state index in [4.69, 9.17) is 0 Å². The minimum Gasteiger partial charge on any atom is -0.332 e. The molecule has 5 nitrogen and oxygen atoms in total. The summed E-state index contributed by atoms with van der Waals surface area (Å²) in [6.45, 7) is 8.60. The van der Waals surface area contributed by atoms with Crippen molar-refractivity contribution in [2.75, 3.05) is 5.32 Å². The number of nitrogens with zero attached hydrogens (tertiary/aromatic N) is 2. The van der Waals surface area contributed by atoms with Crippen LogP contribution in [0.3, 0.4) is 0 Å². The Bertz CT molecular complexity index is 705. The van der Waals surface area contributed by atoms with Gasteiger partial charge in [-0.05, 0) is 50.1 Å². The number of anilines is 1. The smallest absolute Gasteiger partial charge is 0.319 e. The summed E-state index contributed by atoms with van der Waals surface area (Å²) in [6.07, 6.45) is 2.82. The fraction of sp³-hybridized carbons (Fsp3) is 0.389. The van der Waals surface area contributed by atoms with Gasteiger partial charge in [0.15, 0.2) is 0 Å². The normalized spacial score (nSPS) is 11.8. The monoisotopic (exact) mass is 344 g/mol. The second-order valence-electron chi connectivity index (χ2n) is 5.72. The molecule has 0 aliphatic rings. The van der Waals surface area contributed by atoms with Crippen LogP contribution in [0, 0.1) is 13.8 Å². The zero-order chi connectivity index (χ0) is 17.5. The number of carbonyl (C=O) groups is 1. The van der Waals surface area contributed by atoms with Gasteiger partial charge in [0.1, 0.15) is 5.82 Å². The topological polar surface area (TPSA) is 66.9 Å². The van der Waals surface area contributed by atoms with Gasteiger partial charge in [0.2, 0.25) is 0 Å². The molecule has 0 saturated heterocycles. The van der Waals surface area contributed by atoms with Crippen molar-refractivity contribution in [2.24, 2.45) is 0 Å². The lowest BCUT2D eigenvalue weighted by atomic mass is 10.2. The van der Waals surface area contributed by atoms with Crippen molar-refractivity contribution in [1.29, 1.82) is 0 Å². The molecule has 1 heterocycles. The molecule has 0 bridgehead atoms. The quantitative estimate of drug-likeness (QED) is 0.767. The molecule has 1 atom stereocenters. The largest absolute Gasteiger partial charge is 0.332 e. The maximum atomic E-state index is 12.1. The summed E-state index contributed by atoms with van der Waals surface area (Å²) in [4.78, 5) is 21.6. The van der Waals surface area contributed by atoms with Gasteiger partial charge >= 0.3 is 6.03 Å². The average molecular weight is 344 g/mol. The molecule has 0 radical (unpaired) electrons. The van der Waals surface area contributed by atoms with Gasteiger partial charge in [0.05, 0.1) is 12.2 Å². The Labute approximate surface area is 147 Å². The van der Waals surface area contributed by atoms with Crippen LogP contribution in [0.5, 0.6) is 0 Å². The molecule has 0 fully saturated rings. The zero-order valence-corrected chi connectivity index (χ0v) is 15.4. The maximum Gasteiger partial charge on any atom is 0.319 e. The van der Waals surface area contributed by atoms with E-state index in [9.17, 15) is 4.79 Å².